The van der Waals surface area contributed by atoms with Crippen LogP contribution in [0, 0.1) is 5.82 Å². The molecule has 92 valence electrons. The van der Waals surface area contributed by atoms with E-state index < -0.39 is 17.5 Å². The number of carbonyl (C=O) groups is 1. The molecule has 0 aliphatic carbocycles. The van der Waals surface area contributed by atoms with Crippen LogP contribution < -0.4 is 0 Å². The minimum Gasteiger partial charge on any atom is -0.425 e. The number of carbonyl (C=O) groups excluding carboxylic acids is 1. The third-order valence-corrected chi connectivity index (χ3v) is 3.04. The molecule has 1 aliphatic heterocycles. The summed E-state index contributed by atoms with van der Waals surface area (Å²) in [5, 5.41) is 0. The number of alkyl halides is 1. The number of ether oxygens (including phenoxy) is 1. The Morgan fingerprint density at radius 2 is 2.00 bits per heavy atom. The molecule has 1 unspecified atom stereocenters. The molecule has 1 saturated heterocycles. The first-order valence-electron chi connectivity index (χ1n) is 5.52. The summed E-state index contributed by atoms with van der Waals surface area (Å²) in [4.78, 5) is 13.2. The van der Waals surface area contributed by atoms with Gasteiger partial charge in [-0.3, -0.25) is 0 Å². The Bertz CT molecular complexity index is 407. The third kappa shape index (κ3) is 2.88. The maximum atomic E-state index is 13.4. The number of hydrogen-bond acceptors (Lipinski definition) is 2. The van der Waals surface area contributed by atoms with Gasteiger partial charge in [0.1, 0.15) is 5.82 Å². The molecular formula is C12H13ClFNO2. The van der Waals surface area contributed by atoms with E-state index in [1.54, 1.807) is 17.0 Å². The van der Waals surface area contributed by atoms with Crippen molar-refractivity contribution in [3.05, 3.63) is 35.6 Å². The number of hydrogen-bond donors (Lipinski definition) is 0. The van der Waals surface area contributed by atoms with Crippen LogP contribution in [-0.2, 0) is 4.74 Å². The number of nitrogens with zero attached hydrogens (tertiary/aromatic N) is 1. The van der Waals surface area contributed by atoms with Crippen molar-refractivity contribution in [3.8, 4) is 0 Å². The van der Waals surface area contributed by atoms with Crippen molar-refractivity contribution in [2.45, 2.75) is 18.4 Å². The van der Waals surface area contributed by atoms with Crippen molar-refractivity contribution >= 4 is 17.7 Å². The van der Waals surface area contributed by atoms with Crippen LogP contribution in [0.2, 0.25) is 0 Å². The molecule has 1 amide bonds. The Labute approximate surface area is 104 Å². The molecule has 17 heavy (non-hydrogen) atoms. The van der Waals surface area contributed by atoms with Gasteiger partial charge >= 0.3 is 6.09 Å². The second kappa shape index (κ2) is 5.36. The van der Waals surface area contributed by atoms with Gasteiger partial charge in [-0.15, -0.1) is 0 Å². The zero-order valence-corrected chi connectivity index (χ0v) is 9.99. The van der Waals surface area contributed by atoms with E-state index in [0.717, 1.165) is 12.8 Å². The van der Waals surface area contributed by atoms with E-state index in [4.69, 9.17) is 16.3 Å². The van der Waals surface area contributed by atoms with E-state index in [0.29, 0.717) is 13.1 Å². The molecule has 0 radical (unpaired) electrons. The predicted octanol–water partition coefficient (Wildman–Crippen LogP) is 3.30. The first kappa shape index (κ1) is 12.2. The molecule has 0 aromatic heterocycles. The Kier molecular flexibility index (Phi) is 3.84. The zero-order chi connectivity index (χ0) is 12.3. The lowest BCUT2D eigenvalue weighted by atomic mass is 10.2. The number of amides is 1. The summed E-state index contributed by atoms with van der Waals surface area (Å²) in [6.07, 6.45) is 1.47. The summed E-state index contributed by atoms with van der Waals surface area (Å²) in [5.74, 6) is -0.471. The molecule has 1 heterocycles. The van der Waals surface area contributed by atoms with Crippen LogP contribution in [-0.4, -0.2) is 24.1 Å². The minimum atomic E-state index is -1.08. The van der Waals surface area contributed by atoms with Crippen molar-refractivity contribution in [2.24, 2.45) is 0 Å². The van der Waals surface area contributed by atoms with Crippen LogP contribution in [0.25, 0.3) is 0 Å². The van der Waals surface area contributed by atoms with E-state index >= 15 is 0 Å². The monoisotopic (exact) mass is 257 g/mol. The van der Waals surface area contributed by atoms with E-state index in [9.17, 15) is 9.18 Å². The highest BCUT2D eigenvalue weighted by Gasteiger charge is 2.23. The summed E-state index contributed by atoms with van der Waals surface area (Å²) in [6.45, 7) is 1.36. The largest absolute Gasteiger partial charge is 0.425 e. The van der Waals surface area contributed by atoms with E-state index in [1.807, 2.05) is 0 Å². The van der Waals surface area contributed by atoms with E-state index in [-0.39, 0.29) is 5.56 Å². The van der Waals surface area contributed by atoms with Gasteiger partial charge in [0.05, 0.1) is 0 Å². The first-order valence-corrected chi connectivity index (χ1v) is 5.96. The highest BCUT2D eigenvalue weighted by Crippen LogP contribution is 2.25. The molecule has 2 rings (SSSR count). The summed E-state index contributed by atoms with van der Waals surface area (Å²) < 4.78 is 18.4. The molecule has 1 aromatic carbocycles. The molecule has 1 aromatic rings. The smallest absolute Gasteiger partial charge is 0.411 e. The maximum Gasteiger partial charge on any atom is 0.411 e. The van der Waals surface area contributed by atoms with Gasteiger partial charge in [0.2, 0.25) is 5.56 Å². The van der Waals surface area contributed by atoms with Crippen LogP contribution in [0.3, 0.4) is 0 Å². The van der Waals surface area contributed by atoms with Crippen molar-refractivity contribution in [3.63, 3.8) is 0 Å². The number of likely N-dealkylation sites (tertiary alicyclic amines) is 1. The van der Waals surface area contributed by atoms with E-state index in [1.165, 1.54) is 12.1 Å². The first-order chi connectivity index (χ1) is 8.18. The molecule has 0 spiro atoms. The molecule has 1 aliphatic rings. The van der Waals surface area contributed by atoms with Gasteiger partial charge in [-0.2, -0.15) is 0 Å². The SMILES string of the molecule is O=C(OC(Cl)c1ccccc1F)N1CCCC1. The highest BCUT2D eigenvalue weighted by molar-refractivity contribution is 6.20. The van der Waals surface area contributed by atoms with Crippen LogP contribution >= 0.6 is 11.6 Å². The molecule has 5 heteroatoms. The van der Waals surface area contributed by atoms with Gasteiger partial charge in [0, 0.05) is 18.7 Å². The van der Waals surface area contributed by atoms with Gasteiger partial charge in [-0.1, -0.05) is 29.8 Å². The quantitative estimate of drug-likeness (QED) is 0.761. The summed E-state index contributed by atoms with van der Waals surface area (Å²) in [7, 11) is 0. The zero-order valence-electron chi connectivity index (χ0n) is 9.23. The van der Waals surface area contributed by atoms with Crippen molar-refractivity contribution in [2.75, 3.05) is 13.1 Å². The molecule has 1 fully saturated rings. The lowest BCUT2D eigenvalue weighted by Gasteiger charge is -2.18. The Morgan fingerprint density at radius 1 is 1.35 bits per heavy atom. The summed E-state index contributed by atoms with van der Waals surface area (Å²) in [6, 6.07) is 6.00. The summed E-state index contributed by atoms with van der Waals surface area (Å²) >= 11 is 5.88. The second-order valence-corrected chi connectivity index (χ2v) is 4.31. The molecule has 1 atom stereocenters. The number of halogens is 2. The number of benzene rings is 1. The fourth-order valence-corrected chi connectivity index (χ4v) is 2.04. The standard InChI is InChI=1S/C12H13ClFNO2/c13-11(9-5-1-2-6-10(9)14)17-12(16)15-7-3-4-8-15/h1-2,5-6,11H,3-4,7-8H2. The molecular weight excluding hydrogens is 245 g/mol. The van der Waals surface area contributed by atoms with Crippen LogP contribution in [0.15, 0.2) is 24.3 Å². The number of rotatable bonds is 2. The van der Waals surface area contributed by atoms with Gasteiger partial charge in [0.15, 0.2) is 0 Å². The average Bonchev–Trinajstić information content (AvgIpc) is 2.82. The van der Waals surface area contributed by atoms with Gasteiger partial charge in [-0.05, 0) is 18.9 Å². The van der Waals surface area contributed by atoms with Crippen molar-refractivity contribution in [1.82, 2.24) is 4.90 Å². The second-order valence-electron chi connectivity index (χ2n) is 3.92. The van der Waals surface area contributed by atoms with Crippen LogP contribution in [0.1, 0.15) is 24.0 Å². The maximum absolute atomic E-state index is 13.4. The van der Waals surface area contributed by atoms with E-state index in [2.05, 4.69) is 0 Å². The fourth-order valence-electron chi connectivity index (χ4n) is 1.79. The fraction of sp³-hybridized carbons (Fsp3) is 0.417. The molecule has 0 saturated carbocycles. The van der Waals surface area contributed by atoms with Gasteiger partial charge in [-0.25, -0.2) is 9.18 Å². The van der Waals surface area contributed by atoms with Crippen LogP contribution in [0.4, 0.5) is 9.18 Å². The lowest BCUT2D eigenvalue weighted by Crippen LogP contribution is -2.28. The highest BCUT2D eigenvalue weighted by atomic mass is 35.5. The Morgan fingerprint density at radius 3 is 2.65 bits per heavy atom. The van der Waals surface area contributed by atoms with Gasteiger partial charge < -0.3 is 9.64 Å². The minimum absolute atomic E-state index is 0.182. The lowest BCUT2D eigenvalue weighted by molar-refractivity contribution is 0.0973. The summed E-state index contributed by atoms with van der Waals surface area (Å²) in [5.41, 5.74) is -0.897. The molecule has 0 bridgehead atoms. The third-order valence-electron chi connectivity index (χ3n) is 2.72. The van der Waals surface area contributed by atoms with Crippen molar-refractivity contribution in [1.29, 1.82) is 0 Å². The Balaban J connectivity index is 1.99. The average molecular weight is 258 g/mol. The Hall–Kier alpha value is -1.29. The van der Waals surface area contributed by atoms with Crippen LogP contribution in [0.5, 0.6) is 0 Å². The van der Waals surface area contributed by atoms with Gasteiger partial charge in [0.25, 0.3) is 0 Å². The molecule has 3 nitrogen and oxygen atoms in total. The topological polar surface area (TPSA) is 29.5 Å². The normalized spacial score (nSPS) is 16.9. The van der Waals surface area contributed by atoms with Crippen molar-refractivity contribution < 1.29 is 13.9 Å². The predicted molar refractivity (Wildman–Crippen MR) is 62.3 cm³/mol. The molecule has 0 N–H and O–H groups in total.